The number of benzene rings is 1. The highest BCUT2D eigenvalue weighted by atomic mass is 16.5. The van der Waals surface area contributed by atoms with E-state index < -0.39 is 31.1 Å². The Morgan fingerprint density at radius 3 is 2.24 bits per heavy atom. The topological polar surface area (TPSA) is 99.7 Å². The average molecular weight is 404 g/mol. The van der Waals surface area contributed by atoms with E-state index in [1.54, 1.807) is 12.0 Å². The molecule has 29 heavy (non-hydrogen) atoms. The zero-order valence-corrected chi connectivity index (χ0v) is 16.5. The van der Waals surface area contributed by atoms with Crippen LogP contribution in [0.2, 0.25) is 0 Å². The van der Waals surface area contributed by atoms with E-state index in [0.29, 0.717) is 26.2 Å². The van der Waals surface area contributed by atoms with Crippen molar-refractivity contribution in [3.8, 4) is 5.75 Å². The first-order valence-corrected chi connectivity index (χ1v) is 9.27. The number of methoxy groups -OCH3 is 1. The fourth-order valence-corrected chi connectivity index (χ4v) is 3.24. The number of nitrogens with zero attached hydrogens (tertiary/aromatic N) is 4. The van der Waals surface area contributed by atoms with Crippen molar-refractivity contribution in [3.63, 3.8) is 0 Å². The molecule has 2 aliphatic heterocycles. The number of rotatable bonds is 6. The van der Waals surface area contributed by atoms with Gasteiger partial charge < -0.3 is 24.2 Å². The SMILES string of the molecule is COc1ccc(N2CCN(C(=O)COC(=O)CN3C(=O)CN(C)C3=O)CC2)cc1. The molecule has 0 N–H and O–H groups in total. The van der Waals surface area contributed by atoms with E-state index in [2.05, 4.69) is 4.90 Å². The van der Waals surface area contributed by atoms with Gasteiger partial charge in [-0.3, -0.25) is 19.3 Å². The molecule has 0 radical (unpaired) electrons. The van der Waals surface area contributed by atoms with Gasteiger partial charge >= 0.3 is 12.0 Å². The molecule has 2 aliphatic rings. The summed E-state index contributed by atoms with van der Waals surface area (Å²) in [6.07, 6.45) is 0. The zero-order valence-electron chi connectivity index (χ0n) is 16.5. The van der Waals surface area contributed by atoms with Crippen molar-refractivity contribution in [2.75, 3.05) is 64.9 Å². The quantitative estimate of drug-likeness (QED) is 0.477. The number of piperazine rings is 1. The lowest BCUT2D eigenvalue weighted by atomic mass is 10.2. The number of ether oxygens (including phenoxy) is 2. The molecule has 0 bridgehead atoms. The van der Waals surface area contributed by atoms with Gasteiger partial charge in [0.2, 0.25) is 0 Å². The Labute approximate surface area is 168 Å². The molecule has 2 heterocycles. The molecule has 0 atom stereocenters. The molecule has 2 saturated heterocycles. The summed E-state index contributed by atoms with van der Waals surface area (Å²) < 4.78 is 10.1. The van der Waals surface area contributed by atoms with Crippen LogP contribution in [0.3, 0.4) is 0 Å². The number of esters is 1. The number of imide groups is 1. The zero-order chi connectivity index (χ0) is 21.0. The molecular weight excluding hydrogens is 380 g/mol. The van der Waals surface area contributed by atoms with Crippen molar-refractivity contribution in [2.24, 2.45) is 0 Å². The van der Waals surface area contributed by atoms with Gasteiger partial charge in [0.05, 0.1) is 7.11 Å². The van der Waals surface area contributed by atoms with Crippen molar-refractivity contribution in [2.45, 2.75) is 0 Å². The number of carbonyl (C=O) groups is 4. The second-order valence-electron chi connectivity index (χ2n) is 6.85. The number of carbonyl (C=O) groups excluding carboxylic acids is 4. The molecule has 1 aromatic carbocycles. The maximum absolute atomic E-state index is 12.3. The summed E-state index contributed by atoms with van der Waals surface area (Å²) in [7, 11) is 3.09. The fraction of sp³-hybridized carbons (Fsp3) is 0.474. The second-order valence-corrected chi connectivity index (χ2v) is 6.85. The minimum absolute atomic E-state index is 0.0660. The van der Waals surface area contributed by atoms with E-state index >= 15 is 0 Å². The lowest BCUT2D eigenvalue weighted by Gasteiger charge is -2.36. The van der Waals surface area contributed by atoms with Crippen LogP contribution in [0, 0.1) is 0 Å². The highest BCUT2D eigenvalue weighted by Gasteiger charge is 2.35. The van der Waals surface area contributed by atoms with Crippen molar-refractivity contribution in [1.29, 1.82) is 0 Å². The molecule has 10 nitrogen and oxygen atoms in total. The maximum atomic E-state index is 12.3. The number of hydrogen-bond donors (Lipinski definition) is 0. The molecule has 4 amide bonds. The first kappa shape index (κ1) is 20.4. The van der Waals surface area contributed by atoms with Gasteiger partial charge in [-0.2, -0.15) is 0 Å². The van der Waals surface area contributed by atoms with E-state index in [0.717, 1.165) is 16.3 Å². The molecule has 0 spiro atoms. The van der Waals surface area contributed by atoms with Crippen LogP contribution in [0.25, 0.3) is 0 Å². The second kappa shape index (κ2) is 8.80. The van der Waals surface area contributed by atoms with Crippen molar-refractivity contribution in [3.05, 3.63) is 24.3 Å². The molecular formula is C19H24N4O6. The number of anilines is 1. The van der Waals surface area contributed by atoms with Gasteiger partial charge in [0.15, 0.2) is 6.61 Å². The van der Waals surface area contributed by atoms with Crippen LogP contribution >= 0.6 is 0 Å². The van der Waals surface area contributed by atoms with Crippen LogP contribution in [-0.2, 0) is 19.1 Å². The van der Waals surface area contributed by atoms with E-state index in [-0.39, 0.29) is 12.5 Å². The van der Waals surface area contributed by atoms with Crippen molar-refractivity contribution in [1.82, 2.24) is 14.7 Å². The predicted octanol–water partition coefficient (Wildman–Crippen LogP) is -0.219. The molecule has 0 aliphatic carbocycles. The van der Waals surface area contributed by atoms with Crippen LogP contribution < -0.4 is 9.64 Å². The number of hydrogen-bond acceptors (Lipinski definition) is 7. The van der Waals surface area contributed by atoms with Crippen LogP contribution in [-0.4, -0.2) is 98.5 Å². The Bertz CT molecular complexity index is 788. The summed E-state index contributed by atoms with van der Waals surface area (Å²) in [6.45, 7) is 1.38. The van der Waals surface area contributed by atoms with Gasteiger partial charge in [-0.25, -0.2) is 4.79 Å². The van der Waals surface area contributed by atoms with Gasteiger partial charge in [0.1, 0.15) is 18.8 Å². The van der Waals surface area contributed by atoms with Crippen LogP contribution in [0.15, 0.2) is 24.3 Å². The summed E-state index contributed by atoms with van der Waals surface area (Å²) in [5.41, 5.74) is 1.05. The number of likely N-dealkylation sites (N-methyl/N-ethyl adjacent to an activating group) is 1. The Morgan fingerprint density at radius 2 is 1.69 bits per heavy atom. The smallest absolute Gasteiger partial charge is 0.327 e. The summed E-state index contributed by atoms with van der Waals surface area (Å²) in [5.74, 6) is -0.764. The highest BCUT2D eigenvalue weighted by Crippen LogP contribution is 2.20. The van der Waals surface area contributed by atoms with E-state index in [1.165, 1.54) is 11.9 Å². The maximum Gasteiger partial charge on any atom is 0.327 e. The van der Waals surface area contributed by atoms with Gasteiger partial charge in [-0.05, 0) is 24.3 Å². The summed E-state index contributed by atoms with van der Waals surface area (Å²) in [6, 6.07) is 7.17. The summed E-state index contributed by atoms with van der Waals surface area (Å²) in [4.78, 5) is 53.5. The lowest BCUT2D eigenvalue weighted by Crippen LogP contribution is -2.50. The van der Waals surface area contributed by atoms with E-state index in [4.69, 9.17) is 9.47 Å². The van der Waals surface area contributed by atoms with Gasteiger partial charge in [-0.15, -0.1) is 0 Å². The molecule has 0 saturated carbocycles. The Morgan fingerprint density at radius 1 is 1.03 bits per heavy atom. The monoisotopic (exact) mass is 404 g/mol. The molecule has 10 heteroatoms. The molecule has 0 aromatic heterocycles. The highest BCUT2D eigenvalue weighted by molar-refractivity contribution is 6.04. The van der Waals surface area contributed by atoms with Crippen LogP contribution in [0.4, 0.5) is 10.5 Å². The van der Waals surface area contributed by atoms with Crippen molar-refractivity contribution >= 4 is 29.5 Å². The third kappa shape index (κ3) is 4.76. The average Bonchev–Trinajstić information content (AvgIpc) is 2.98. The van der Waals surface area contributed by atoms with E-state index in [9.17, 15) is 19.2 Å². The van der Waals surface area contributed by atoms with Gasteiger partial charge in [0, 0.05) is 38.9 Å². The summed E-state index contributed by atoms with van der Waals surface area (Å²) >= 11 is 0. The standard InChI is InChI=1S/C19H24N4O6/c1-20-11-16(24)23(19(20)27)12-18(26)29-13-17(25)22-9-7-21(8-10-22)14-3-5-15(28-2)6-4-14/h3-6H,7-13H2,1-2H3. The third-order valence-corrected chi connectivity index (χ3v) is 4.94. The minimum Gasteiger partial charge on any atom is -0.497 e. The Hall–Kier alpha value is -3.30. The normalized spacial score (nSPS) is 17.0. The molecule has 3 rings (SSSR count). The minimum atomic E-state index is -0.785. The number of urea groups is 1. The molecule has 1 aromatic rings. The molecule has 2 fully saturated rings. The Balaban J connectivity index is 1.42. The fourth-order valence-electron chi connectivity index (χ4n) is 3.24. The van der Waals surface area contributed by atoms with Crippen LogP contribution in [0.5, 0.6) is 5.75 Å². The summed E-state index contributed by atoms with van der Waals surface area (Å²) in [5, 5.41) is 0. The predicted molar refractivity (Wildman–Crippen MR) is 102 cm³/mol. The lowest BCUT2D eigenvalue weighted by molar-refractivity contribution is -0.153. The first-order chi connectivity index (χ1) is 13.9. The molecule has 156 valence electrons. The third-order valence-electron chi connectivity index (χ3n) is 4.94. The van der Waals surface area contributed by atoms with Crippen LogP contribution in [0.1, 0.15) is 0 Å². The van der Waals surface area contributed by atoms with Crippen molar-refractivity contribution < 1.29 is 28.7 Å². The first-order valence-electron chi connectivity index (χ1n) is 9.27. The Kier molecular flexibility index (Phi) is 6.20. The van der Waals surface area contributed by atoms with Gasteiger partial charge in [-0.1, -0.05) is 0 Å². The number of amides is 4. The molecule has 0 unspecified atom stereocenters. The largest absolute Gasteiger partial charge is 0.497 e. The van der Waals surface area contributed by atoms with Gasteiger partial charge in [0.25, 0.3) is 11.8 Å². The van der Waals surface area contributed by atoms with E-state index in [1.807, 2.05) is 24.3 Å².